The van der Waals surface area contributed by atoms with Crippen molar-refractivity contribution in [1.29, 1.82) is 0 Å². The molecule has 0 unspecified atom stereocenters. The first-order chi connectivity index (χ1) is 8.06. The summed E-state index contributed by atoms with van der Waals surface area (Å²) in [5.74, 6) is 0. The van der Waals surface area contributed by atoms with E-state index in [-0.39, 0.29) is 5.54 Å². The van der Waals surface area contributed by atoms with E-state index in [1.165, 1.54) is 25.7 Å². The molecule has 1 N–H and O–H groups in total. The van der Waals surface area contributed by atoms with Crippen LogP contribution in [0, 0.1) is 0 Å². The Bertz CT molecular complexity index is 155. The number of methoxy groups -OCH3 is 1. The number of unbranched alkanes of at least 4 members (excludes halogenated alkanes) is 3. The summed E-state index contributed by atoms with van der Waals surface area (Å²) >= 11 is 0. The Labute approximate surface area is 107 Å². The summed E-state index contributed by atoms with van der Waals surface area (Å²) in [5, 5.41) is 3.50. The molecule has 104 valence electrons. The van der Waals surface area contributed by atoms with Crippen LogP contribution >= 0.6 is 0 Å². The molecule has 0 fully saturated rings. The smallest absolute Gasteiger partial charge is 0.0487 e. The van der Waals surface area contributed by atoms with Gasteiger partial charge in [0.15, 0.2) is 0 Å². The summed E-state index contributed by atoms with van der Waals surface area (Å²) in [6, 6.07) is 0. The van der Waals surface area contributed by atoms with Gasteiger partial charge in [0.05, 0.1) is 0 Å². The Balaban J connectivity index is 2.99. The van der Waals surface area contributed by atoms with Gasteiger partial charge in [-0.25, -0.2) is 0 Å². The van der Waals surface area contributed by atoms with Crippen LogP contribution in [0.3, 0.4) is 0 Å². The lowest BCUT2D eigenvalue weighted by atomic mass is 10.1. The van der Waals surface area contributed by atoms with Crippen molar-refractivity contribution in [3.63, 3.8) is 0 Å². The monoisotopic (exact) mass is 245 g/mol. The van der Waals surface area contributed by atoms with Crippen LogP contribution in [-0.2, 0) is 9.47 Å². The second kappa shape index (κ2) is 11.0. The van der Waals surface area contributed by atoms with E-state index in [1.54, 1.807) is 7.11 Å². The predicted octanol–water partition coefficient (Wildman–Crippen LogP) is 2.99. The van der Waals surface area contributed by atoms with Crippen LogP contribution in [0.4, 0.5) is 0 Å². The summed E-state index contributed by atoms with van der Waals surface area (Å²) in [7, 11) is 1.73. The van der Waals surface area contributed by atoms with Crippen LogP contribution in [0.5, 0.6) is 0 Å². The lowest BCUT2D eigenvalue weighted by Crippen LogP contribution is -2.36. The standard InChI is InChI=1S/C14H31NO2/c1-14(2,3)15-10-7-5-6-8-12-17-13-9-11-16-4/h15H,5-13H2,1-4H3. The van der Waals surface area contributed by atoms with Crippen molar-refractivity contribution in [2.45, 2.75) is 58.4 Å². The Morgan fingerprint density at radius 1 is 0.824 bits per heavy atom. The molecule has 0 amide bonds. The second-order valence-electron chi connectivity index (χ2n) is 5.55. The van der Waals surface area contributed by atoms with Gasteiger partial charge in [0.2, 0.25) is 0 Å². The van der Waals surface area contributed by atoms with E-state index in [0.29, 0.717) is 0 Å². The molecular weight excluding hydrogens is 214 g/mol. The van der Waals surface area contributed by atoms with E-state index in [4.69, 9.17) is 9.47 Å². The fraction of sp³-hybridized carbons (Fsp3) is 1.00. The van der Waals surface area contributed by atoms with Gasteiger partial charge in [-0.3, -0.25) is 0 Å². The third kappa shape index (κ3) is 15.9. The van der Waals surface area contributed by atoms with Gasteiger partial charge in [0, 0.05) is 32.5 Å². The largest absolute Gasteiger partial charge is 0.385 e. The van der Waals surface area contributed by atoms with Gasteiger partial charge in [-0.1, -0.05) is 12.8 Å². The Kier molecular flexibility index (Phi) is 10.9. The van der Waals surface area contributed by atoms with Crippen LogP contribution in [0.1, 0.15) is 52.9 Å². The van der Waals surface area contributed by atoms with Gasteiger partial charge in [0.1, 0.15) is 0 Å². The zero-order valence-electron chi connectivity index (χ0n) is 12.2. The minimum absolute atomic E-state index is 0.254. The first-order valence-electron chi connectivity index (χ1n) is 6.88. The predicted molar refractivity (Wildman–Crippen MR) is 73.5 cm³/mol. The highest BCUT2D eigenvalue weighted by molar-refractivity contribution is 4.69. The highest BCUT2D eigenvalue weighted by Crippen LogP contribution is 2.02. The molecular formula is C14H31NO2. The summed E-state index contributed by atoms with van der Waals surface area (Å²) in [6.07, 6.45) is 6.02. The molecule has 17 heavy (non-hydrogen) atoms. The van der Waals surface area contributed by atoms with Gasteiger partial charge in [-0.15, -0.1) is 0 Å². The average molecular weight is 245 g/mol. The van der Waals surface area contributed by atoms with Crippen LogP contribution < -0.4 is 5.32 Å². The highest BCUT2D eigenvalue weighted by atomic mass is 16.5. The first-order valence-corrected chi connectivity index (χ1v) is 6.88. The molecule has 3 heteroatoms. The second-order valence-corrected chi connectivity index (χ2v) is 5.55. The molecule has 0 spiro atoms. The molecule has 0 bridgehead atoms. The Morgan fingerprint density at radius 2 is 1.47 bits per heavy atom. The third-order valence-electron chi connectivity index (χ3n) is 2.51. The van der Waals surface area contributed by atoms with Crippen LogP contribution in [0.15, 0.2) is 0 Å². The van der Waals surface area contributed by atoms with Crippen LogP contribution in [0.2, 0.25) is 0 Å². The topological polar surface area (TPSA) is 30.5 Å². The molecule has 3 nitrogen and oxygen atoms in total. The Morgan fingerprint density at radius 3 is 2.12 bits per heavy atom. The van der Waals surface area contributed by atoms with Gasteiger partial charge in [-0.05, 0) is 46.6 Å². The van der Waals surface area contributed by atoms with Crippen molar-refractivity contribution in [1.82, 2.24) is 5.32 Å². The molecule has 0 aromatic carbocycles. The molecule has 0 saturated carbocycles. The van der Waals surface area contributed by atoms with Gasteiger partial charge in [0.25, 0.3) is 0 Å². The molecule has 0 rings (SSSR count). The molecule has 0 atom stereocenters. The van der Waals surface area contributed by atoms with E-state index in [2.05, 4.69) is 26.1 Å². The average Bonchev–Trinajstić information content (AvgIpc) is 2.24. The molecule has 0 saturated heterocycles. The van der Waals surface area contributed by atoms with E-state index in [0.717, 1.165) is 32.8 Å². The number of hydrogen-bond donors (Lipinski definition) is 1. The summed E-state index contributed by atoms with van der Waals surface area (Å²) in [6.45, 7) is 10.3. The molecule has 0 heterocycles. The molecule has 0 aliphatic rings. The van der Waals surface area contributed by atoms with Crippen molar-refractivity contribution in [3.8, 4) is 0 Å². The SMILES string of the molecule is COCCCOCCCCCCNC(C)(C)C. The van der Waals surface area contributed by atoms with Crippen molar-refractivity contribution < 1.29 is 9.47 Å². The van der Waals surface area contributed by atoms with Crippen molar-refractivity contribution in [2.75, 3.05) is 33.5 Å². The Hall–Kier alpha value is -0.120. The molecule has 0 aliphatic heterocycles. The first kappa shape index (κ1) is 16.9. The van der Waals surface area contributed by atoms with E-state index in [9.17, 15) is 0 Å². The molecule has 0 aromatic rings. The minimum Gasteiger partial charge on any atom is -0.385 e. The van der Waals surface area contributed by atoms with E-state index < -0.39 is 0 Å². The fourth-order valence-electron chi connectivity index (χ4n) is 1.55. The van der Waals surface area contributed by atoms with Gasteiger partial charge >= 0.3 is 0 Å². The van der Waals surface area contributed by atoms with Crippen molar-refractivity contribution >= 4 is 0 Å². The maximum atomic E-state index is 5.50. The zero-order chi connectivity index (χ0) is 13.0. The van der Waals surface area contributed by atoms with E-state index >= 15 is 0 Å². The quantitative estimate of drug-likeness (QED) is 0.568. The maximum absolute atomic E-state index is 5.50. The maximum Gasteiger partial charge on any atom is 0.0487 e. The van der Waals surface area contributed by atoms with Crippen molar-refractivity contribution in [3.05, 3.63) is 0 Å². The summed E-state index contributed by atoms with van der Waals surface area (Å²) in [4.78, 5) is 0. The molecule has 0 aliphatic carbocycles. The van der Waals surface area contributed by atoms with E-state index in [1.807, 2.05) is 0 Å². The number of nitrogens with one attached hydrogen (secondary N) is 1. The highest BCUT2D eigenvalue weighted by Gasteiger charge is 2.06. The minimum atomic E-state index is 0.254. The lowest BCUT2D eigenvalue weighted by molar-refractivity contribution is 0.100. The summed E-state index contributed by atoms with van der Waals surface area (Å²) in [5.41, 5.74) is 0.254. The fourth-order valence-corrected chi connectivity index (χ4v) is 1.55. The van der Waals surface area contributed by atoms with Crippen LogP contribution in [0.25, 0.3) is 0 Å². The van der Waals surface area contributed by atoms with Gasteiger partial charge in [-0.2, -0.15) is 0 Å². The van der Waals surface area contributed by atoms with Crippen molar-refractivity contribution in [2.24, 2.45) is 0 Å². The number of rotatable bonds is 11. The molecule has 0 aromatic heterocycles. The normalized spacial score (nSPS) is 12.0. The number of hydrogen-bond acceptors (Lipinski definition) is 3. The van der Waals surface area contributed by atoms with Gasteiger partial charge < -0.3 is 14.8 Å². The molecule has 0 radical (unpaired) electrons. The van der Waals surface area contributed by atoms with Crippen LogP contribution in [-0.4, -0.2) is 39.0 Å². The summed E-state index contributed by atoms with van der Waals surface area (Å²) < 4.78 is 10.5. The number of ether oxygens (including phenoxy) is 2. The zero-order valence-corrected chi connectivity index (χ0v) is 12.2. The lowest BCUT2D eigenvalue weighted by Gasteiger charge is -2.20. The third-order valence-corrected chi connectivity index (χ3v) is 2.51.